The predicted molar refractivity (Wildman–Crippen MR) is 138 cm³/mol. The Hall–Kier alpha value is -3.32. The van der Waals surface area contributed by atoms with E-state index in [1.165, 1.54) is 20.8 Å². The van der Waals surface area contributed by atoms with Gasteiger partial charge in [0, 0.05) is 46.4 Å². The summed E-state index contributed by atoms with van der Waals surface area (Å²) >= 11 is 0. The maximum absolute atomic E-state index is 13.4. The Morgan fingerprint density at radius 3 is 2.09 bits per heavy atom. The second-order valence-corrected chi connectivity index (χ2v) is 9.36. The van der Waals surface area contributed by atoms with Gasteiger partial charge in [-0.15, -0.1) is 0 Å². The van der Waals surface area contributed by atoms with E-state index >= 15 is 0 Å². The van der Waals surface area contributed by atoms with E-state index in [4.69, 9.17) is 4.84 Å². The van der Waals surface area contributed by atoms with E-state index in [1.807, 2.05) is 19.1 Å². The average Bonchev–Trinajstić information content (AvgIpc) is 3.14. The monoisotopic (exact) mass is 478 g/mol. The number of hydrogen-bond donors (Lipinski definition) is 1. The molecular weight excluding hydrogens is 444 g/mol. The first-order valence-corrected chi connectivity index (χ1v) is 12.2. The van der Waals surface area contributed by atoms with Crippen LogP contribution in [0.15, 0.2) is 41.6 Å². The number of ketones is 2. The predicted octanol–water partition coefficient (Wildman–Crippen LogP) is 5.84. The van der Waals surface area contributed by atoms with Gasteiger partial charge < -0.3 is 14.5 Å². The second kappa shape index (κ2) is 11.0. The van der Waals surface area contributed by atoms with Gasteiger partial charge in [0.05, 0.1) is 0 Å². The zero-order valence-electron chi connectivity index (χ0n) is 21.2. The molecule has 2 aromatic carbocycles. The third kappa shape index (κ3) is 5.85. The number of hydrogen-bond acceptors (Lipinski definition) is 6. The number of fused-ring (bicyclic) bond motifs is 3. The van der Waals surface area contributed by atoms with Gasteiger partial charge in [-0.05, 0) is 70.0 Å². The highest BCUT2D eigenvalue weighted by Crippen LogP contribution is 2.32. The van der Waals surface area contributed by atoms with Crippen LogP contribution < -0.4 is 0 Å². The quantitative estimate of drug-likeness (QED) is 0.123. The number of benzene rings is 2. The molecule has 0 atom stereocenters. The molecule has 0 aliphatic heterocycles. The fourth-order valence-corrected chi connectivity index (χ4v) is 4.29. The van der Waals surface area contributed by atoms with E-state index in [-0.39, 0.29) is 17.3 Å². The molecule has 0 spiro atoms. The number of aromatic nitrogens is 1. The number of unbranched alkanes of at least 4 members (excludes halogenated alkanes) is 3. The molecular formula is C28H34N2O5. The van der Waals surface area contributed by atoms with E-state index in [0.717, 1.165) is 47.5 Å². The molecule has 1 aromatic heterocycles. The maximum Gasteiger partial charge on any atom is 0.331 e. The first-order chi connectivity index (χ1) is 16.6. The van der Waals surface area contributed by atoms with Gasteiger partial charge in [0.15, 0.2) is 5.78 Å². The van der Waals surface area contributed by atoms with Crippen molar-refractivity contribution in [2.24, 2.45) is 5.16 Å². The van der Waals surface area contributed by atoms with Crippen LogP contribution >= 0.6 is 0 Å². The topological polar surface area (TPSA) is 98.0 Å². The molecule has 0 saturated heterocycles. The Labute approximate surface area is 205 Å². The summed E-state index contributed by atoms with van der Waals surface area (Å²) in [5.74, 6) is -1.23. The van der Waals surface area contributed by atoms with Crippen molar-refractivity contribution in [3.8, 4) is 0 Å². The Morgan fingerprint density at radius 1 is 0.943 bits per heavy atom. The molecule has 0 aliphatic rings. The fourth-order valence-electron chi connectivity index (χ4n) is 4.29. The zero-order valence-corrected chi connectivity index (χ0v) is 21.2. The molecule has 0 radical (unpaired) electrons. The highest BCUT2D eigenvalue weighted by Gasteiger charge is 2.26. The van der Waals surface area contributed by atoms with Crippen molar-refractivity contribution < 1.29 is 24.3 Å². The van der Waals surface area contributed by atoms with Gasteiger partial charge in [0.1, 0.15) is 11.3 Å². The van der Waals surface area contributed by atoms with Crippen molar-refractivity contribution >= 4 is 45.1 Å². The lowest BCUT2D eigenvalue weighted by Crippen LogP contribution is -2.30. The molecule has 0 aliphatic carbocycles. The summed E-state index contributed by atoms with van der Waals surface area (Å²) in [6.07, 6.45) is 4.29. The van der Waals surface area contributed by atoms with Crippen molar-refractivity contribution in [3.05, 3.63) is 47.5 Å². The van der Waals surface area contributed by atoms with Crippen LogP contribution in [0, 0.1) is 0 Å². The van der Waals surface area contributed by atoms with Gasteiger partial charge in [0.2, 0.25) is 5.78 Å². The van der Waals surface area contributed by atoms with E-state index < -0.39 is 11.6 Å². The van der Waals surface area contributed by atoms with Crippen LogP contribution in [0.25, 0.3) is 21.8 Å². The highest BCUT2D eigenvalue weighted by molar-refractivity contribution is 6.46. The van der Waals surface area contributed by atoms with Crippen LogP contribution in [-0.2, 0) is 16.2 Å². The van der Waals surface area contributed by atoms with Crippen molar-refractivity contribution in [3.63, 3.8) is 0 Å². The summed E-state index contributed by atoms with van der Waals surface area (Å²) in [5.41, 5.74) is 1.45. The molecule has 1 N–H and O–H groups in total. The summed E-state index contributed by atoms with van der Waals surface area (Å²) in [5, 5.41) is 15.7. The molecule has 0 unspecified atom stereocenters. The number of aryl methyl sites for hydroxylation is 1. The largest absolute Gasteiger partial charge is 0.382 e. The first-order valence-electron chi connectivity index (χ1n) is 12.2. The van der Waals surface area contributed by atoms with Crippen LogP contribution in [-0.4, -0.2) is 38.5 Å². The Kier molecular flexibility index (Phi) is 8.22. The number of aliphatic hydroxyl groups is 1. The minimum atomic E-state index is -1.49. The molecule has 0 amide bonds. The van der Waals surface area contributed by atoms with Gasteiger partial charge in [-0.1, -0.05) is 31.3 Å². The standard InChI is InChI=1S/C28H34N2O5/c1-6-8-9-10-11-23(29-35-18(3)31)26(32)19-12-14-24-21(16-19)22-17-20(27(33)28(4,5)34)13-15-25(22)30(24)7-2/h12-17,34H,6-11H2,1-5H3/b29-23+. The number of Topliss-reactive ketones (excluding diaryl/α,β-unsaturated/α-hetero) is 2. The summed E-state index contributed by atoms with van der Waals surface area (Å²) in [6.45, 7) is 9.05. The molecule has 7 nitrogen and oxygen atoms in total. The van der Waals surface area contributed by atoms with Gasteiger partial charge in [-0.2, -0.15) is 0 Å². The zero-order chi connectivity index (χ0) is 25.8. The molecule has 3 rings (SSSR count). The summed E-state index contributed by atoms with van der Waals surface area (Å²) in [4.78, 5) is 42.2. The van der Waals surface area contributed by atoms with E-state index in [2.05, 4.69) is 16.6 Å². The number of carbonyl (C=O) groups is 3. The van der Waals surface area contributed by atoms with Crippen LogP contribution in [0.3, 0.4) is 0 Å². The lowest BCUT2D eigenvalue weighted by molar-refractivity contribution is -0.140. The van der Waals surface area contributed by atoms with Gasteiger partial charge in [0.25, 0.3) is 0 Å². The number of oxime groups is 1. The van der Waals surface area contributed by atoms with Gasteiger partial charge in [-0.25, -0.2) is 4.79 Å². The number of carbonyl (C=O) groups excluding carboxylic acids is 3. The van der Waals surface area contributed by atoms with Gasteiger partial charge in [-0.3, -0.25) is 9.59 Å². The molecule has 0 fully saturated rings. The molecule has 186 valence electrons. The Morgan fingerprint density at radius 2 is 1.54 bits per heavy atom. The number of nitrogens with zero attached hydrogens (tertiary/aromatic N) is 2. The minimum Gasteiger partial charge on any atom is -0.382 e. The smallest absolute Gasteiger partial charge is 0.331 e. The van der Waals surface area contributed by atoms with Crippen molar-refractivity contribution in [2.45, 2.75) is 78.9 Å². The average molecular weight is 479 g/mol. The Bertz CT molecular complexity index is 1290. The van der Waals surface area contributed by atoms with Crippen LogP contribution in [0.2, 0.25) is 0 Å². The normalized spacial score (nSPS) is 12.3. The maximum atomic E-state index is 13.4. The third-order valence-electron chi connectivity index (χ3n) is 6.07. The van der Waals surface area contributed by atoms with Gasteiger partial charge >= 0.3 is 5.97 Å². The molecule has 35 heavy (non-hydrogen) atoms. The van der Waals surface area contributed by atoms with Crippen LogP contribution in [0.4, 0.5) is 0 Å². The van der Waals surface area contributed by atoms with Crippen molar-refractivity contribution in [1.29, 1.82) is 0 Å². The third-order valence-corrected chi connectivity index (χ3v) is 6.07. The van der Waals surface area contributed by atoms with E-state index in [1.54, 1.807) is 24.3 Å². The summed E-state index contributed by atoms with van der Waals surface area (Å²) in [7, 11) is 0. The highest BCUT2D eigenvalue weighted by atomic mass is 16.7. The van der Waals surface area contributed by atoms with Crippen molar-refractivity contribution in [2.75, 3.05) is 0 Å². The summed E-state index contributed by atoms with van der Waals surface area (Å²) in [6, 6.07) is 10.8. The van der Waals surface area contributed by atoms with Crippen LogP contribution in [0.5, 0.6) is 0 Å². The lowest BCUT2D eigenvalue weighted by Gasteiger charge is -2.15. The van der Waals surface area contributed by atoms with E-state index in [9.17, 15) is 19.5 Å². The van der Waals surface area contributed by atoms with Crippen LogP contribution in [0.1, 0.15) is 87.4 Å². The lowest BCUT2D eigenvalue weighted by atomic mass is 9.95. The first kappa shape index (κ1) is 26.3. The molecule has 0 bridgehead atoms. The molecule has 1 heterocycles. The molecule has 0 saturated carbocycles. The molecule has 7 heteroatoms. The Balaban J connectivity index is 2.09. The SMILES string of the molecule is CCCCCC/C(=N\OC(C)=O)C(=O)c1ccc2c(c1)c1cc(C(=O)C(C)(C)O)ccc1n2CC. The summed E-state index contributed by atoms with van der Waals surface area (Å²) < 4.78 is 2.12. The minimum absolute atomic E-state index is 0.216. The van der Waals surface area contributed by atoms with Crippen molar-refractivity contribution in [1.82, 2.24) is 4.57 Å². The molecule has 3 aromatic rings. The number of rotatable bonds is 11. The van der Waals surface area contributed by atoms with E-state index in [0.29, 0.717) is 24.1 Å². The fraction of sp³-hybridized carbons (Fsp3) is 0.429. The second-order valence-electron chi connectivity index (χ2n) is 9.36.